The molecule has 3 aliphatic rings. The largest absolute Gasteiger partial charge is 0.380 e. The molecule has 0 N–H and O–H groups in total. The van der Waals surface area contributed by atoms with Crippen molar-refractivity contribution in [1.29, 1.82) is 0 Å². The van der Waals surface area contributed by atoms with E-state index in [1.165, 1.54) is 43.5 Å². The Hall–Kier alpha value is -0.870. The summed E-state index contributed by atoms with van der Waals surface area (Å²) in [5.41, 5.74) is 2.70. The number of ether oxygens (including phenoxy) is 1. The highest BCUT2D eigenvalue weighted by molar-refractivity contribution is 5.24. The molecule has 2 heterocycles. The third-order valence-corrected chi connectivity index (χ3v) is 4.78. The van der Waals surface area contributed by atoms with Gasteiger partial charge >= 0.3 is 0 Å². The maximum Gasteiger partial charge on any atom is 0.0736 e. The van der Waals surface area contributed by atoms with Crippen molar-refractivity contribution in [1.82, 2.24) is 14.7 Å². The first-order chi connectivity index (χ1) is 9.78. The van der Waals surface area contributed by atoms with Crippen LogP contribution in [0.2, 0.25) is 0 Å². The summed E-state index contributed by atoms with van der Waals surface area (Å²) in [6.45, 7) is 5.29. The maximum atomic E-state index is 5.96. The van der Waals surface area contributed by atoms with Gasteiger partial charge in [0.25, 0.3) is 0 Å². The maximum absolute atomic E-state index is 5.96. The second-order valence-corrected chi connectivity index (χ2v) is 7.03. The monoisotopic (exact) mass is 275 g/mol. The highest BCUT2D eigenvalue weighted by Gasteiger charge is 2.32. The first-order valence-corrected chi connectivity index (χ1v) is 8.10. The molecule has 110 valence electrons. The van der Waals surface area contributed by atoms with E-state index in [4.69, 9.17) is 4.74 Å². The quantitative estimate of drug-likeness (QED) is 0.797. The Morgan fingerprint density at radius 1 is 1.20 bits per heavy atom. The topological polar surface area (TPSA) is 30.3 Å². The fourth-order valence-corrected chi connectivity index (χ4v) is 3.32. The van der Waals surface area contributed by atoms with E-state index in [1.807, 2.05) is 11.7 Å². The van der Waals surface area contributed by atoms with Crippen molar-refractivity contribution < 1.29 is 4.74 Å². The molecule has 2 fully saturated rings. The molecular formula is C16H25N3O. The third kappa shape index (κ3) is 2.91. The molecule has 0 aromatic carbocycles. The zero-order chi connectivity index (χ0) is 13.5. The first-order valence-electron chi connectivity index (χ1n) is 8.10. The molecule has 1 aromatic heterocycles. The molecule has 2 aliphatic carbocycles. The van der Waals surface area contributed by atoms with Crippen LogP contribution in [0.25, 0.3) is 0 Å². The van der Waals surface area contributed by atoms with Crippen LogP contribution in [0, 0.1) is 11.8 Å². The molecule has 20 heavy (non-hydrogen) atoms. The summed E-state index contributed by atoms with van der Waals surface area (Å²) in [6.07, 6.45) is 7.79. The van der Waals surface area contributed by atoms with Crippen molar-refractivity contribution in [2.24, 2.45) is 18.9 Å². The van der Waals surface area contributed by atoms with E-state index in [2.05, 4.69) is 16.2 Å². The molecule has 1 aromatic rings. The highest BCUT2D eigenvalue weighted by atomic mass is 16.5. The molecule has 1 atom stereocenters. The van der Waals surface area contributed by atoms with Gasteiger partial charge in [-0.2, -0.15) is 5.10 Å². The van der Waals surface area contributed by atoms with Crippen LogP contribution in [0.1, 0.15) is 42.9 Å². The number of rotatable bonds is 6. The van der Waals surface area contributed by atoms with Gasteiger partial charge in [-0.25, -0.2) is 0 Å². The SMILES string of the molecule is Cn1cc2c(n1)[C@H](COCC1CC1)CN(CC1CC1)C2. The summed E-state index contributed by atoms with van der Waals surface area (Å²) in [5, 5.41) is 4.69. The summed E-state index contributed by atoms with van der Waals surface area (Å²) in [7, 11) is 2.03. The van der Waals surface area contributed by atoms with E-state index in [9.17, 15) is 0 Å². The highest BCUT2D eigenvalue weighted by Crippen LogP contribution is 2.34. The fourth-order valence-electron chi connectivity index (χ4n) is 3.32. The van der Waals surface area contributed by atoms with Crippen molar-refractivity contribution in [2.45, 2.75) is 38.1 Å². The van der Waals surface area contributed by atoms with Gasteiger partial charge in [-0.05, 0) is 37.5 Å². The van der Waals surface area contributed by atoms with E-state index in [0.29, 0.717) is 5.92 Å². The van der Waals surface area contributed by atoms with Gasteiger partial charge in [-0.3, -0.25) is 9.58 Å². The van der Waals surface area contributed by atoms with Crippen LogP contribution in [0.3, 0.4) is 0 Å². The van der Waals surface area contributed by atoms with Crippen molar-refractivity contribution in [2.75, 3.05) is 26.3 Å². The van der Waals surface area contributed by atoms with Crippen LogP contribution in [-0.4, -0.2) is 41.0 Å². The molecule has 0 unspecified atom stereocenters. The molecule has 1 aliphatic heterocycles. The first kappa shape index (κ1) is 12.8. The minimum Gasteiger partial charge on any atom is -0.380 e. The van der Waals surface area contributed by atoms with Crippen LogP contribution in [-0.2, 0) is 18.3 Å². The Morgan fingerprint density at radius 2 is 2.00 bits per heavy atom. The summed E-state index contributed by atoms with van der Waals surface area (Å²) in [4.78, 5) is 2.62. The lowest BCUT2D eigenvalue weighted by Gasteiger charge is -2.31. The van der Waals surface area contributed by atoms with Gasteiger partial charge in [0.1, 0.15) is 0 Å². The second-order valence-electron chi connectivity index (χ2n) is 7.03. The summed E-state index contributed by atoms with van der Waals surface area (Å²) in [5.74, 6) is 2.28. The third-order valence-electron chi connectivity index (χ3n) is 4.78. The smallest absolute Gasteiger partial charge is 0.0736 e. The molecule has 4 rings (SSSR count). The van der Waals surface area contributed by atoms with Gasteiger partial charge < -0.3 is 4.74 Å². The lowest BCUT2D eigenvalue weighted by atomic mass is 9.97. The Morgan fingerprint density at radius 3 is 2.75 bits per heavy atom. The minimum atomic E-state index is 0.470. The summed E-state index contributed by atoms with van der Waals surface area (Å²) in [6, 6.07) is 0. The molecule has 0 bridgehead atoms. The molecule has 4 nitrogen and oxygen atoms in total. The van der Waals surface area contributed by atoms with Gasteiger partial charge in [-0.15, -0.1) is 0 Å². The Balaban J connectivity index is 1.42. The van der Waals surface area contributed by atoms with Crippen molar-refractivity contribution in [3.05, 3.63) is 17.5 Å². The number of aromatic nitrogens is 2. The molecule has 0 amide bonds. The van der Waals surface area contributed by atoms with Crippen molar-refractivity contribution in [3.8, 4) is 0 Å². The second kappa shape index (κ2) is 5.15. The van der Waals surface area contributed by atoms with Crippen LogP contribution in [0.15, 0.2) is 6.20 Å². The number of nitrogens with zero attached hydrogens (tertiary/aromatic N) is 3. The van der Waals surface area contributed by atoms with Crippen LogP contribution >= 0.6 is 0 Å². The van der Waals surface area contributed by atoms with Gasteiger partial charge in [-0.1, -0.05) is 0 Å². The van der Waals surface area contributed by atoms with Crippen molar-refractivity contribution in [3.63, 3.8) is 0 Å². The average Bonchev–Trinajstić information content (AvgIpc) is 3.30. The summed E-state index contributed by atoms with van der Waals surface area (Å²) < 4.78 is 7.93. The minimum absolute atomic E-state index is 0.470. The predicted molar refractivity (Wildman–Crippen MR) is 77.5 cm³/mol. The molecule has 0 radical (unpaired) electrons. The molecular weight excluding hydrogens is 250 g/mol. The van der Waals surface area contributed by atoms with E-state index in [1.54, 1.807) is 0 Å². The lowest BCUT2D eigenvalue weighted by molar-refractivity contribution is 0.0887. The number of hydrogen-bond donors (Lipinski definition) is 0. The van der Waals surface area contributed by atoms with Crippen LogP contribution in [0.4, 0.5) is 0 Å². The number of hydrogen-bond acceptors (Lipinski definition) is 3. The normalized spacial score (nSPS) is 26.8. The van der Waals surface area contributed by atoms with Gasteiger partial charge in [0.15, 0.2) is 0 Å². The lowest BCUT2D eigenvalue weighted by Crippen LogP contribution is -2.36. The number of fused-ring (bicyclic) bond motifs is 1. The average molecular weight is 275 g/mol. The van der Waals surface area contributed by atoms with Gasteiger partial charge in [0.05, 0.1) is 12.3 Å². The molecule has 0 spiro atoms. The zero-order valence-corrected chi connectivity index (χ0v) is 12.4. The van der Waals surface area contributed by atoms with E-state index in [-0.39, 0.29) is 0 Å². The molecule has 4 heteroatoms. The van der Waals surface area contributed by atoms with E-state index >= 15 is 0 Å². The fraction of sp³-hybridized carbons (Fsp3) is 0.812. The number of aryl methyl sites for hydroxylation is 1. The van der Waals surface area contributed by atoms with Crippen molar-refractivity contribution >= 4 is 0 Å². The zero-order valence-electron chi connectivity index (χ0n) is 12.4. The standard InChI is InChI=1S/C16H25N3O/c1-18-7-14-8-19(6-12-2-3-12)9-15(16(14)17-18)11-20-10-13-4-5-13/h7,12-13,15H,2-6,8-11H2,1H3/t15-/m0/s1. The van der Waals surface area contributed by atoms with E-state index < -0.39 is 0 Å². The molecule has 2 saturated carbocycles. The Kier molecular flexibility index (Phi) is 3.31. The molecule has 0 saturated heterocycles. The van der Waals surface area contributed by atoms with Crippen LogP contribution in [0.5, 0.6) is 0 Å². The Labute approximate surface area is 121 Å². The van der Waals surface area contributed by atoms with Gasteiger partial charge in [0, 0.05) is 51.0 Å². The van der Waals surface area contributed by atoms with Gasteiger partial charge in [0.2, 0.25) is 0 Å². The summed E-state index contributed by atoms with van der Waals surface area (Å²) >= 11 is 0. The predicted octanol–water partition coefficient (Wildman–Crippen LogP) is 2.16. The van der Waals surface area contributed by atoms with Crippen LogP contribution < -0.4 is 0 Å². The van der Waals surface area contributed by atoms with E-state index in [0.717, 1.165) is 38.1 Å². The Bertz CT molecular complexity index is 476.